The number of rotatable bonds is 4. The number of hydrogen-bond acceptors (Lipinski definition) is 9. The lowest BCUT2D eigenvalue weighted by Gasteiger charge is -2.31. The molecule has 0 saturated heterocycles. The summed E-state index contributed by atoms with van der Waals surface area (Å²) in [5.74, 6) is -2.92. The van der Waals surface area contributed by atoms with Gasteiger partial charge in [-0.25, -0.2) is 19.0 Å². The van der Waals surface area contributed by atoms with E-state index in [4.69, 9.17) is 24.7 Å². The highest BCUT2D eigenvalue weighted by molar-refractivity contribution is 5.94. The molecule has 0 saturated carbocycles. The predicted octanol–water partition coefficient (Wildman–Crippen LogP) is 0.686. The molecule has 0 spiro atoms. The van der Waals surface area contributed by atoms with Gasteiger partial charge < -0.3 is 35.0 Å². The molecule has 3 aromatic rings. The number of nitrogens with zero attached hydrogens (tertiary/aromatic N) is 2. The topological polar surface area (TPSA) is 188 Å². The summed E-state index contributed by atoms with van der Waals surface area (Å²) >= 11 is 0. The second-order valence-corrected chi connectivity index (χ2v) is 10.2. The SMILES string of the molecule is CC[C@@]1(O)C(=O)OCc2c1cc1n(c2=O)Cc2c-1nc1cc(F)c(C)c3c1c2[C@@H](NC(=O)CO)CC3.O=C(O)CO. The minimum Gasteiger partial charge on any atom is -0.480 e. The molecule has 2 aliphatic heterocycles. The van der Waals surface area contributed by atoms with Gasteiger partial charge in [0.15, 0.2) is 5.60 Å². The maximum Gasteiger partial charge on any atom is 0.343 e. The summed E-state index contributed by atoms with van der Waals surface area (Å²) < 4.78 is 21.5. The molecule has 1 aromatic carbocycles. The van der Waals surface area contributed by atoms with Gasteiger partial charge in [0.2, 0.25) is 5.91 Å². The molecule has 5 N–H and O–H groups in total. The van der Waals surface area contributed by atoms with Crippen molar-refractivity contribution in [2.75, 3.05) is 13.2 Å². The number of benzene rings is 1. The number of carboxylic acid groups (broad SMARTS) is 1. The number of nitrogens with one attached hydrogen (secondary N) is 1. The number of carbonyl (C=O) groups is 3. The first-order valence-corrected chi connectivity index (χ1v) is 13.0. The number of amides is 1. The first-order valence-electron chi connectivity index (χ1n) is 13.0. The quantitative estimate of drug-likeness (QED) is 0.219. The average molecular weight is 570 g/mol. The first kappa shape index (κ1) is 28.3. The summed E-state index contributed by atoms with van der Waals surface area (Å²) in [6, 6.07) is 2.50. The summed E-state index contributed by atoms with van der Waals surface area (Å²) in [5, 5.41) is 39.1. The Morgan fingerprint density at radius 2 is 1.90 bits per heavy atom. The van der Waals surface area contributed by atoms with Crippen LogP contribution in [0.1, 0.15) is 59.2 Å². The van der Waals surface area contributed by atoms with E-state index in [-0.39, 0.29) is 30.7 Å². The number of hydrogen-bond donors (Lipinski definition) is 5. The fraction of sp³-hybridized carbons (Fsp3) is 0.393. The van der Waals surface area contributed by atoms with E-state index < -0.39 is 54.1 Å². The number of fused-ring (bicyclic) bond motifs is 5. The third-order valence-corrected chi connectivity index (χ3v) is 7.99. The van der Waals surface area contributed by atoms with E-state index in [0.29, 0.717) is 40.9 Å². The van der Waals surface area contributed by atoms with Crippen LogP contribution in [0.25, 0.3) is 22.3 Å². The van der Waals surface area contributed by atoms with Crippen molar-refractivity contribution in [1.29, 1.82) is 0 Å². The molecule has 1 aliphatic carbocycles. The number of ether oxygens (including phenoxy) is 1. The third kappa shape index (κ3) is 4.36. The Morgan fingerprint density at radius 1 is 1.20 bits per heavy atom. The van der Waals surface area contributed by atoms with Crippen molar-refractivity contribution in [3.63, 3.8) is 0 Å². The van der Waals surface area contributed by atoms with Crippen molar-refractivity contribution in [2.24, 2.45) is 0 Å². The maximum absolute atomic E-state index is 14.9. The van der Waals surface area contributed by atoms with Crippen molar-refractivity contribution in [1.82, 2.24) is 14.9 Å². The Hall–Kier alpha value is -4.20. The summed E-state index contributed by atoms with van der Waals surface area (Å²) in [4.78, 5) is 52.0. The molecule has 0 bridgehead atoms. The van der Waals surface area contributed by atoms with Gasteiger partial charge in [0.25, 0.3) is 5.56 Å². The number of aliphatic carboxylic acids is 1. The fourth-order valence-corrected chi connectivity index (χ4v) is 5.94. The zero-order chi connectivity index (χ0) is 29.8. The number of aliphatic hydroxyl groups is 3. The van der Waals surface area contributed by atoms with Crippen LogP contribution in [0.5, 0.6) is 0 Å². The van der Waals surface area contributed by atoms with E-state index in [1.807, 2.05) is 0 Å². The van der Waals surface area contributed by atoms with Crippen LogP contribution in [-0.2, 0) is 44.3 Å². The van der Waals surface area contributed by atoms with Crippen LogP contribution in [0.15, 0.2) is 16.9 Å². The summed E-state index contributed by atoms with van der Waals surface area (Å²) in [7, 11) is 0. The van der Waals surface area contributed by atoms with Crippen molar-refractivity contribution >= 4 is 28.7 Å². The Morgan fingerprint density at radius 3 is 2.54 bits per heavy atom. The number of aliphatic hydroxyl groups excluding tert-OH is 2. The number of cyclic esters (lactones) is 1. The van der Waals surface area contributed by atoms with Crippen molar-refractivity contribution < 1.29 is 43.9 Å². The second-order valence-electron chi connectivity index (χ2n) is 10.2. The highest BCUT2D eigenvalue weighted by atomic mass is 19.1. The lowest BCUT2D eigenvalue weighted by molar-refractivity contribution is -0.172. The Balaban J connectivity index is 0.000000623. The van der Waals surface area contributed by atoms with Gasteiger partial charge in [0.1, 0.15) is 25.6 Å². The standard InChI is InChI=1S/C26H24FN3O6.C2H4O3/c1-3-26(35)15-6-19-23-13(8-30(19)24(33)14(15)10-36-25(26)34)22-17(28-20(32)9-31)5-4-12-11(2)16(27)7-18(29-23)21(12)22;3-1-2(4)5/h6-7,17,31,35H,3-5,8-10H2,1-2H3,(H,28,32);3H,1H2,(H,4,5)/t17-,26-;/m0./s1. The molecule has 6 rings (SSSR count). The van der Waals surface area contributed by atoms with Gasteiger partial charge in [0, 0.05) is 22.6 Å². The largest absolute Gasteiger partial charge is 0.480 e. The number of esters is 1. The fourth-order valence-electron chi connectivity index (χ4n) is 5.94. The second kappa shape index (κ2) is 10.3. The van der Waals surface area contributed by atoms with Crippen LogP contribution in [-0.4, -0.2) is 61.0 Å². The number of halogens is 1. The molecule has 0 fully saturated rings. The van der Waals surface area contributed by atoms with E-state index in [0.717, 1.165) is 16.5 Å². The van der Waals surface area contributed by atoms with Crippen LogP contribution in [0.4, 0.5) is 4.39 Å². The number of aromatic nitrogens is 2. The van der Waals surface area contributed by atoms with Gasteiger partial charge in [-0.3, -0.25) is 9.59 Å². The minimum absolute atomic E-state index is 0.0219. The number of pyridine rings is 2. The molecule has 1 amide bonds. The molecule has 3 aliphatic rings. The van der Waals surface area contributed by atoms with Crippen LogP contribution in [0, 0.1) is 12.7 Å². The lowest BCUT2D eigenvalue weighted by atomic mass is 9.81. The van der Waals surface area contributed by atoms with Gasteiger partial charge in [0.05, 0.1) is 35.1 Å². The number of carboxylic acids is 1. The zero-order valence-electron chi connectivity index (χ0n) is 22.3. The zero-order valence-corrected chi connectivity index (χ0v) is 22.3. The van der Waals surface area contributed by atoms with Crippen molar-refractivity contribution in [2.45, 2.75) is 57.9 Å². The van der Waals surface area contributed by atoms with E-state index >= 15 is 0 Å². The Kier molecular flexibility index (Phi) is 7.14. The lowest BCUT2D eigenvalue weighted by Crippen LogP contribution is -2.44. The molecule has 2 aromatic heterocycles. The maximum atomic E-state index is 14.9. The molecule has 0 unspecified atom stereocenters. The van der Waals surface area contributed by atoms with Crippen LogP contribution in [0.3, 0.4) is 0 Å². The highest BCUT2D eigenvalue weighted by Gasteiger charge is 2.46. The van der Waals surface area contributed by atoms with Gasteiger partial charge in [-0.2, -0.15) is 0 Å². The highest BCUT2D eigenvalue weighted by Crippen LogP contribution is 2.45. The first-order chi connectivity index (χ1) is 19.5. The van der Waals surface area contributed by atoms with Gasteiger partial charge in [-0.15, -0.1) is 0 Å². The van der Waals surface area contributed by atoms with Crippen LogP contribution in [0.2, 0.25) is 0 Å². The molecular weight excluding hydrogens is 541 g/mol. The molecule has 41 heavy (non-hydrogen) atoms. The summed E-state index contributed by atoms with van der Waals surface area (Å²) in [6.07, 6.45) is 1.04. The monoisotopic (exact) mass is 569 g/mol. The number of aryl methyl sites for hydroxylation is 1. The van der Waals surface area contributed by atoms with Crippen molar-refractivity contribution in [3.8, 4) is 11.4 Å². The van der Waals surface area contributed by atoms with E-state index in [1.54, 1.807) is 19.9 Å². The molecule has 4 heterocycles. The smallest absolute Gasteiger partial charge is 0.343 e. The van der Waals surface area contributed by atoms with E-state index in [2.05, 4.69) is 5.32 Å². The molecule has 2 atom stereocenters. The van der Waals surface area contributed by atoms with E-state index in [1.165, 1.54) is 10.6 Å². The van der Waals surface area contributed by atoms with Gasteiger partial charge in [-0.1, -0.05) is 6.92 Å². The normalized spacial score (nSPS) is 19.9. The molecule has 216 valence electrons. The molecule has 13 heteroatoms. The Bertz CT molecular complexity index is 1700. The molecule has 0 radical (unpaired) electrons. The molecular formula is C28H28FN3O9. The molecule has 12 nitrogen and oxygen atoms in total. The number of carbonyl (C=O) groups excluding carboxylic acids is 2. The van der Waals surface area contributed by atoms with Crippen LogP contribution >= 0.6 is 0 Å². The van der Waals surface area contributed by atoms with Crippen molar-refractivity contribution in [3.05, 3.63) is 61.7 Å². The van der Waals surface area contributed by atoms with Crippen LogP contribution < -0.4 is 10.9 Å². The Labute approximate surface area is 232 Å². The summed E-state index contributed by atoms with van der Waals surface area (Å²) in [6.45, 7) is 1.82. The average Bonchev–Trinajstić information content (AvgIpc) is 3.33. The summed E-state index contributed by atoms with van der Waals surface area (Å²) in [5.41, 5.74) is 2.09. The predicted molar refractivity (Wildman–Crippen MR) is 140 cm³/mol. The third-order valence-electron chi connectivity index (χ3n) is 7.99. The minimum atomic E-state index is -1.95. The van der Waals surface area contributed by atoms with E-state index in [9.17, 15) is 29.0 Å². The van der Waals surface area contributed by atoms with Gasteiger partial charge in [-0.05, 0) is 48.9 Å². The van der Waals surface area contributed by atoms with Gasteiger partial charge >= 0.3 is 11.9 Å².